The number of amides is 1. The summed E-state index contributed by atoms with van der Waals surface area (Å²) in [6, 6.07) is 17.0. The third-order valence-electron chi connectivity index (χ3n) is 3.84. The van der Waals surface area contributed by atoms with Crippen molar-refractivity contribution >= 4 is 23.1 Å². The molecule has 5 nitrogen and oxygen atoms in total. The molecule has 0 saturated carbocycles. The lowest BCUT2D eigenvalue weighted by Gasteiger charge is -2.15. The second kappa shape index (κ2) is 8.99. The molecule has 0 aliphatic rings. The van der Waals surface area contributed by atoms with Gasteiger partial charge in [-0.1, -0.05) is 24.3 Å². The Labute approximate surface area is 163 Å². The monoisotopic (exact) mass is 379 g/mol. The lowest BCUT2D eigenvalue weighted by atomic mass is 10.1. The first kappa shape index (κ1) is 19.4. The molecule has 3 rings (SSSR count). The third kappa shape index (κ3) is 5.54. The Morgan fingerprint density at radius 3 is 2.50 bits per heavy atom. The predicted octanol–water partition coefficient (Wildman–Crippen LogP) is 4.93. The maximum atomic E-state index is 12.9. The summed E-state index contributed by atoms with van der Waals surface area (Å²) in [5.41, 5.74) is 2.15. The topological polar surface area (TPSA) is 63.2 Å². The SMILES string of the molecule is CC(C)Oc1ccccc1Nc1ccc(NC(=O)Cc2ccc(F)cc2)cn1. The fraction of sp³-hybridized carbons (Fsp3) is 0.182. The van der Waals surface area contributed by atoms with Crippen molar-refractivity contribution in [2.45, 2.75) is 26.4 Å². The molecule has 0 saturated heterocycles. The molecule has 2 aromatic carbocycles. The molecule has 0 aliphatic heterocycles. The maximum absolute atomic E-state index is 12.9. The molecule has 2 N–H and O–H groups in total. The van der Waals surface area contributed by atoms with Crippen molar-refractivity contribution in [2.75, 3.05) is 10.6 Å². The van der Waals surface area contributed by atoms with Crippen LogP contribution in [0.5, 0.6) is 5.75 Å². The minimum absolute atomic E-state index is 0.0644. The molecule has 0 unspecified atom stereocenters. The lowest BCUT2D eigenvalue weighted by Crippen LogP contribution is -2.14. The van der Waals surface area contributed by atoms with Gasteiger partial charge in [-0.05, 0) is 55.8 Å². The largest absolute Gasteiger partial charge is 0.489 e. The van der Waals surface area contributed by atoms with Crippen LogP contribution >= 0.6 is 0 Å². The number of aromatic nitrogens is 1. The average molecular weight is 379 g/mol. The number of nitrogens with zero attached hydrogens (tertiary/aromatic N) is 1. The Bertz CT molecular complexity index is 925. The number of hydrogen-bond acceptors (Lipinski definition) is 4. The van der Waals surface area contributed by atoms with E-state index in [4.69, 9.17) is 4.74 Å². The number of carbonyl (C=O) groups excluding carboxylic acids is 1. The van der Waals surface area contributed by atoms with Gasteiger partial charge in [0.25, 0.3) is 0 Å². The summed E-state index contributed by atoms with van der Waals surface area (Å²) >= 11 is 0. The summed E-state index contributed by atoms with van der Waals surface area (Å²) in [4.78, 5) is 16.5. The second-order valence-electron chi connectivity index (χ2n) is 6.57. The van der Waals surface area contributed by atoms with Gasteiger partial charge in [0.2, 0.25) is 5.91 Å². The van der Waals surface area contributed by atoms with Gasteiger partial charge in [-0.3, -0.25) is 4.79 Å². The molecule has 1 aromatic heterocycles. The number of ether oxygens (including phenoxy) is 1. The summed E-state index contributed by atoms with van der Waals surface area (Å²) in [5, 5.41) is 6.01. The van der Waals surface area contributed by atoms with Gasteiger partial charge in [0.1, 0.15) is 17.4 Å². The van der Waals surface area contributed by atoms with Crippen LogP contribution in [0.2, 0.25) is 0 Å². The number of nitrogens with one attached hydrogen (secondary N) is 2. The molecule has 144 valence electrons. The van der Waals surface area contributed by atoms with E-state index in [0.29, 0.717) is 11.5 Å². The first-order valence-electron chi connectivity index (χ1n) is 9.02. The number of benzene rings is 2. The molecule has 6 heteroatoms. The van der Waals surface area contributed by atoms with Crippen LogP contribution < -0.4 is 15.4 Å². The Hall–Kier alpha value is -3.41. The normalized spacial score (nSPS) is 10.6. The van der Waals surface area contributed by atoms with E-state index in [9.17, 15) is 9.18 Å². The molecule has 3 aromatic rings. The smallest absolute Gasteiger partial charge is 0.228 e. The highest BCUT2D eigenvalue weighted by Gasteiger charge is 2.08. The van der Waals surface area contributed by atoms with E-state index in [1.54, 1.807) is 30.5 Å². The molecule has 1 amide bonds. The van der Waals surface area contributed by atoms with Crippen LogP contribution in [0, 0.1) is 5.82 Å². The second-order valence-corrected chi connectivity index (χ2v) is 6.57. The van der Waals surface area contributed by atoms with Crippen molar-refractivity contribution in [2.24, 2.45) is 0 Å². The van der Waals surface area contributed by atoms with Crippen LogP contribution in [0.25, 0.3) is 0 Å². The van der Waals surface area contributed by atoms with Gasteiger partial charge in [-0.25, -0.2) is 9.37 Å². The number of hydrogen-bond donors (Lipinski definition) is 2. The van der Waals surface area contributed by atoms with E-state index in [1.165, 1.54) is 12.1 Å². The Kier molecular flexibility index (Phi) is 6.22. The zero-order valence-corrected chi connectivity index (χ0v) is 15.8. The molecular formula is C22H22FN3O2. The van der Waals surface area contributed by atoms with Crippen LogP contribution in [0.4, 0.5) is 21.6 Å². The number of anilines is 3. The highest BCUT2D eigenvalue weighted by atomic mass is 19.1. The zero-order chi connectivity index (χ0) is 19.9. The van der Waals surface area contributed by atoms with Crippen LogP contribution in [-0.4, -0.2) is 17.0 Å². The molecular weight excluding hydrogens is 357 g/mol. The number of carbonyl (C=O) groups is 1. The van der Waals surface area contributed by atoms with E-state index in [0.717, 1.165) is 17.0 Å². The van der Waals surface area contributed by atoms with E-state index in [1.807, 2.05) is 38.1 Å². The van der Waals surface area contributed by atoms with Crippen molar-refractivity contribution in [3.8, 4) is 5.75 Å². The van der Waals surface area contributed by atoms with Crippen molar-refractivity contribution in [3.63, 3.8) is 0 Å². The predicted molar refractivity (Wildman–Crippen MR) is 108 cm³/mol. The zero-order valence-electron chi connectivity index (χ0n) is 15.8. The van der Waals surface area contributed by atoms with Crippen molar-refractivity contribution in [1.82, 2.24) is 4.98 Å². The molecule has 28 heavy (non-hydrogen) atoms. The minimum Gasteiger partial charge on any atom is -0.489 e. The van der Waals surface area contributed by atoms with Gasteiger partial charge in [0.15, 0.2) is 0 Å². The summed E-state index contributed by atoms with van der Waals surface area (Å²) < 4.78 is 18.7. The fourth-order valence-electron chi connectivity index (χ4n) is 2.60. The minimum atomic E-state index is -0.322. The van der Waals surface area contributed by atoms with Crippen molar-refractivity contribution in [1.29, 1.82) is 0 Å². The van der Waals surface area contributed by atoms with Crippen LogP contribution in [-0.2, 0) is 11.2 Å². The molecule has 0 atom stereocenters. The van der Waals surface area contributed by atoms with Crippen LogP contribution in [0.3, 0.4) is 0 Å². The quantitative estimate of drug-likeness (QED) is 0.611. The van der Waals surface area contributed by atoms with Crippen LogP contribution in [0.15, 0.2) is 66.9 Å². The Balaban J connectivity index is 1.61. The van der Waals surface area contributed by atoms with Gasteiger partial charge in [-0.15, -0.1) is 0 Å². The number of para-hydroxylation sites is 2. The van der Waals surface area contributed by atoms with E-state index >= 15 is 0 Å². The number of pyridine rings is 1. The van der Waals surface area contributed by atoms with Gasteiger partial charge < -0.3 is 15.4 Å². The van der Waals surface area contributed by atoms with Gasteiger partial charge in [-0.2, -0.15) is 0 Å². The standard InChI is InChI=1S/C22H22FN3O2/c1-15(2)28-20-6-4-3-5-19(20)26-21-12-11-18(14-24-21)25-22(27)13-16-7-9-17(23)10-8-16/h3-12,14-15H,13H2,1-2H3,(H,24,26)(H,25,27). The van der Waals surface area contributed by atoms with E-state index < -0.39 is 0 Å². The molecule has 0 radical (unpaired) electrons. The van der Waals surface area contributed by atoms with Crippen LogP contribution in [0.1, 0.15) is 19.4 Å². The van der Waals surface area contributed by atoms with Crippen molar-refractivity contribution in [3.05, 3.63) is 78.2 Å². The molecule has 0 fully saturated rings. The summed E-state index contributed by atoms with van der Waals surface area (Å²) in [7, 11) is 0. The van der Waals surface area contributed by atoms with Crippen molar-refractivity contribution < 1.29 is 13.9 Å². The van der Waals surface area contributed by atoms with E-state index in [2.05, 4.69) is 15.6 Å². The van der Waals surface area contributed by atoms with Gasteiger partial charge in [0.05, 0.1) is 30.1 Å². The summed E-state index contributed by atoms with van der Waals surface area (Å²) in [6.45, 7) is 3.94. The number of rotatable bonds is 7. The highest BCUT2D eigenvalue weighted by Crippen LogP contribution is 2.27. The average Bonchev–Trinajstić information content (AvgIpc) is 2.66. The molecule has 0 aliphatic carbocycles. The molecule has 0 spiro atoms. The Morgan fingerprint density at radius 2 is 1.82 bits per heavy atom. The highest BCUT2D eigenvalue weighted by molar-refractivity contribution is 5.92. The molecule has 0 bridgehead atoms. The summed E-state index contributed by atoms with van der Waals surface area (Å²) in [5.74, 6) is 0.869. The van der Waals surface area contributed by atoms with Gasteiger partial charge >= 0.3 is 0 Å². The maximum Gasteiger partial charge on any atom is 0.228 e. The summed E-state index contributed by atoms with van der Waals surface area (Å²) in [6.07, 6.45) is 1.81. The lowest BCUT2D eigenvalue weighted by molar-refractivity contribution is -0.115. The van der Waals surface area contributed by atoms with Gasteiger partial charge in [0, 0.05) is 0 Å². The Morgan fingerprint density at radius 1 is 1.07 bits per heavy atom. The number of halogens is 1. The van der Waals surface area contributed by atoms with E-state index in [-0.39, 0.29) is 24.2 Å². The third-order valence-corrected chi connectivity index (χ3v) is 3.84. The molecule has 1 heterocycles. The fourth-order valence-corrected chi connectivity index (χ4v) is 2.60. The first-order valence-corrected chi connectivity index (χ1v) is 9.02. The first-order chi connectivity index (χ1) is 13.5.